The van der Waals surface area contributed by atoms with Crippen LogP contribution < -0.4 is 0 Å². The first kappa shape index (κ1) is 9.55. The molecule has 0 amide bonds. The Morgan fingerprint density at radius 1 is 1.67 bits per heavy atom. The van der Waals surface area contributed by atoms with Crippen LogP contribution in [0.1, 0.15) is 25.5 Å². The minimum Gasteiger partial charge on any atom is -0.389 e. The Morgan fingerprint density at radius 3 is 3.00 bits per heavy atom. The van der Waals surface area contributed by atoms with Gasteiger partial charge in [-0.3, -0.25) is 0 Å². The van der Waals surface area contributed by atoms with Crippen LogP contribution in [0.4, 0.5) is 0 Å². The molecule has 3 heteroatoms. The summed E-state index contributed by atoms with van der Waals surface area (Å²) in [4.78, 5) is 4.19. The second-order valence-electron chi connectivity index (χ2n) is 2.51. The van der Waals surface area contributed by atoms with Crippen molar-refractivity contribution in [2.75, 3.05) is 5.75 Å². The van der Waals surface area contributed by atoms with Gasteiger partial charge < -0.3 is 5.11 Å². The first-order valence-electron chi connectivity index (χ1n) is 4.01. The summed E-state index contributed by atoms with van der Waals surface area (Å²) >= 11 is 1.66. The summed E-state index contributed by atoms with van der Waals surface area (Å²) < 4.78 is 0. The molecular formula is C9H13NOS. The zero-order chi connectivity index (χ0) is 8.97. The Bertz CT molecular complexity index is 250. The summed E-state index contributed by atoms with van der Waals surface area (Å²) in [5.74, 6) is 0.983. The third kappa shape index (κ3) is 2.22. The number of pyridine rings is 1. The molecule has 1 atom stereocenters. The fourth-order valence-corrected chi connectivity index (χ4v) is 1.79. The van der Waals surface area contributed by atoms with Crippen LogP contribution in [0.2, 0.25) is 0 Å². The molecule has 0 bridgehead atoms. The van der Waals surface area contributed by atoms with Crippen molar-refractivity contribution in [3.05, 3.63) is 23.9 Å². The monoisotopic (exact) mass is 183 g/mol. The number of hydrogen-bond donors (Lipinski definition) is 1. The molecule has 0 saturated heterocycles. The fourth-order valence-electron chi connectivity index (χ4n) is 0.979. The van der Waals surface area contributed by atoms with Crippen LogP contribution in [0.15, 0.2) is 23.4 Å². The normalized spacial score (nSPS) is 12.9. The highest BCUT2D eigenvalue weighted by molar-refractivity contribution is 7.99. The van der Waals surface area contributed by atoms with E-state index in [4.69, 9.17) is 0 Å². The molecule has 0 aromatic carbocycles. The predicted octanol–water partition coefficient (Wildman–Crippen LogP) is 2.25. The second-order valence-corrected chi connectivity index (χ2v) is 3.76. The quantitative estimate of drug-likeness (QED) is 0.730. The molecule has 0 aliphatic heterocycles. The van der Waals surface area contributed by atoms with E-state index in [0.29, 0.717) is 0 Å². The zero-order valence-corrected chi connectivity index (χ0v) is 8.14. The summed E-state index contributed by atoms with van der Waals surface area (Å²) in [6.45, 7) is 3.84. The molecule has 1 N–H and O–H groups in total. The number of thioether (sulfide) groups is 1. The van der Waals surface area contributed by atoms with E-state index in [0.717, 1.165) is 16.3 Å². The minimum absolute atomic E-state index is 0.423. The lowest BCUT2D eigenvalue weighted by atomic mass is 10.2. The number of hydrogen-bond acceptors (Lipinski definition) is 3. The van der Waals surface area contributed by atoms with Gasteiger partial charge in [-0.25, -0.2) is 4.98 Å². The Labute approximate surface area is 77.0 Å². The van der Waals surface area contributed by atoms with Crippen LogP contribution in [-0.2, 0) is 0 Å². The minimum atomic E-state index is -0.423. The molecule has 1 unspecified atom stereocenters. The van der Waals surface area contributed by atoms with Crippen molar-refractivity contribution in [2.45, 2.75) is 25.0 Å². The van der Waals surface area contributed by atoms with Crippen LogP contribution in [0.3, 0.4) is 0 Å². The van der Waals surface area contributed by atoms with Crippen LogP contribution in [-0.4, -0.2) is 15.8 Å². The lowest BCUT2D eigenvalue weighted by molar-refractivity contribution is 0.195. The van der Waals surface area contributed by atoms with E-state index in [-0.39, 0.29) is 0 Å². The number of rotatable bonds is 3. The Morgan fingerprint density at radius 2 is 2.42 bits per heavy atom. The van der Waals surface area contributed by atoms with E-state index < -0.39 is 6.10 Å². The maximum Gasteiger partial charge on any atom is 0.102 e. The van der Waals surface area contributed by atoms with Gasteiger partial charge in [0.15, 0.2) is 0 Å². The first-order valence-corrected chi connectivity index (χ1v) is 5.00. The molecule has 1 rings (SSSR count). The largest absolute Gasteiger partial charge is 0.389 e. The molecule has 2 nitrogen and oxygen atoms in total. The second kappa shape index (κ2) is 4.48. The molecular weight excluding hydrogens is 170 g/mol. The standard InChI is InChI=1S/C9H13NOS/c1-3-12-9-8(7(2)11)5-4-6-10-9/h4-7,11H,3H2,1-2H3. The molecule has 1 aromatic heterocycles. The van der Waals surface area contributed by atoms with Crippen LogP contribution >= 0.6 is 11.8 Å². The van der Waals surface area contributed by atoms with Crippen LogP contribution in [0, 0.1) is 0 Å². The van der Waals surface area contributed by atoms with Crippen molar-refractivity contribution >= 4 is 11.8 Å². The molecule has 0 saturated carbocycles. The summed E-state index contributed by atoms with van der Waals surface area (Å²) in [5.41, 5.74) is 0.921. The molecule has 12 heavy (non-hydrogen) atoms. The third-order valence-corrected chi connectivity index (χ3v) is 2.43. The number of aliphatic hydroxyl groups excluding tert-OH is 1. The predicted molar refractivity (Wildman–Crippen MR) is 51.3 cm³/mol. The third-order valence-electron chi connectivity index (χ3n) is 1.53. The van der Waals surface area contributed by atoms with Crippen molar-refractivity contribution in [2.24, 2.45) is 0 Å². The molecule has 0 aliphatic carbocycles. The summed E-state index contributed by atoms with van der Waals surface area (Å²) in [7, 11) is 0. The van der Waals surface area contributed by atoms with Gasteiger partial charge in [0.05, 0.1) is 6.10 Å². The van der Waals surface area contributed by atoms with Crippen LogP contribution in [0.25, 0.3) is 0 Å². The lowest BCUT2D eigenvalue weighted by Gasteiger charge is -2.08. The van der Waals surface area contributed by atoms with Crippen molar-refractivity contribution in [1.82, 2.24) is 4.98 Å². The van der Waals surface area contributed by atoms with E-state index in [9.17, 15) is 5.11 Å². The van der Waals surface area contributed by atoms with Gasteiger partial charge in [0.1, 0.15) is 5.03 Å². The maximum absolute atomic E-state index is 9.38. The molecule has 0 spiro atoms. The van der Waals surface area contributed by atoms with Crippen molar-refractivity contribution in [3.63, 3.8) is 0 Å². The average molecular weight is 183 g/mol. The van der Waals surface area contributed by atoms with E-state index in [1.165, 1.54) is 0 Å². The van der Waals surface area contributed by atoms with Gasteiger partial charge in [-0.15, -0.1) is 11.8 Å². The highest BCUT2D eigenvalue weighted by atomic mass is 32.2. The molecule has 0 fully saturated rings. The summed E-state index contributed by atoms with van der Waals surface area (Å²) in [6.07, 6.45) is 1.33. The fraction of sp³-hybridized carbons (Fsp3) is 0.444. The molecule has 1 heterocycles. The molecule has 1 aromatic rings. The van der Waals surface area contributed by atoms with Gasteiger partial charge in [-0.05, 0) is 18.7 Å². The first-order chi connectivity index (χ1) is 5.75. The van der Waals surface area contributed by atoms with Crippen molar-refractivity contribution in [1.29, 1.82) is 0 Å². The van der Waals surface area contributed by atoms with Crippen molar-refractivity contribution < 1.29 is 5.11 Å². The molecule has 0 radical (unpaired) electrons. The summed E-state index contributed by atoms with van der Waals surface area (Å²) in [5, 5.41) is 10.3. The van der Waals surface area contributed by atoms with Crippen LogP contribution in [0.5, 0.6) is 0 Å². The number of aliphatic hydroxyl groups is 1. The van der Waals surface area contributed by atoms with Gasteiger partial charge in [0, 0.05) is 11.8 Å². The Balaban J connectivity index is 2.92. The smallest absolute Gasteiger partial charge is 0.102 e. The highest BCUT2D eigenvalue weighted by Gasteiger charge is 2.07. The molecule has 0 aliphatic rings. The van der Waals surface area contributed by atoms with Gasteiger partial charge in [-0.2, -0.15) is 0 Å². The van der Waals surface area contributed by atoms with E-state index in [2.05, 4.69) is 11.9 Å². The lowest BCUT2D eigenvalue weighted by Crippen LogP contribution is -1.95. The molecule has 66 valence electrons. The highest BCUT2D eigenvalue weighted by Crippen LogP contribution is 2.24. The number of nitrogens with zero attached hydrogens (tertiary/aromatic N) is 1. The van der Waals surface area contributed by atoms with E-state index >= 15 is 0 Å². The van der Waals surface area contributed by atoms with Crippen molar-refractivity contribution in [3.8, 4) is 0 Å². The average Bonchev–Trinajstić information content (AvgIpc) is 2.05. The van der Waals surface area contributed by atoms with Gasteiger partial charge >= 0.3 is 0 Å². The van der Waals surface area contributed by atoms with Gasteiger partial charge in [0.25, 0.3) is 0 Å². The number of aromatic nitrogens is 1. The zero-order valence-electron chi connectivity index (χ0n) is 7.32. The van der Waals surface area contributed by atoms with Gasteiger partial charge in [-0.1, -0.05) is 13.0 Å². The Kier molecular flexibility index (Phi) is 3.56. The maximum atomic E-state index is 9.38. The van der Waals surface area contributed by atoms with Gasteiger partial charge in [0.2, 0.25) is 0 Å². The van der Waals surface area contributed by atoms with E-state index in [1.807, 2.05) is 12.1 Å². The summed E-state index contributed by atoms with van der Waals surface area (Å²) in [6, 6.07) is 3.76. The SMILES string of the molecule is CCSc1ncccc1C(C)O. The van der Waals surface area contributed by atoms with E-state index in [1.54, 1.807) is 24.9 Å². The Hall–Kier alpha value is -0.540. The topological polar surface area (TPSA) is 33.1 Å².